The van der Waals surface area contributed by atoms with Crippen molar-refractivity contribution in [2.75, 3.05) is 19.8 Å². The van der Waals surface area contributed by atoms with E-state index in [1.165, 1.54) is 0 Å². The minimum absolute atomic E-state index is 0.130. The molecule has 1 amide bonds. The maximum atomic E-state index is 12.2. The minimum atomic E-state index is -0.809. The summed E-state index contributed by atoms with van der Waals surface area (Å²) in [7, 11) is 0. The van der Waals surface area contributed by atoms with Gasteiger partial charge in [0, 0.05) is 12.1 Å². The average Bonchev–Trinajstić information content (AvgIpc) is 2.61. The lowest BCUT2D eigenvalue weighted by Crippen LogP contribution is -2.28. The van der Waals surface area contributed by atoms with Crippen molar-refractivity contribution in [3.05, 3.63) is 58.7 Å². The maximum Gasteiger partial charge on any atom is 0.251 e. The standard InChI is InChI=1S/C19H21NO4/c1-12-3-4-15(9-13(12)2)19(22)20-11-16(21)14-5-6-17-18(10-14)24-8-7-23-17/h3-6,9-10,16,21H,7-8,11H2,1-2H3,(H,20,22). The molecule has 1 aliphatic heterocycles. The second kappa shape index (κ2) is 6.93. The van der Waals surface area contributed by atoms with Gasteiger partial charge >= 0.3 is 0 Å². The number of nitrogens with one attached hydrogen (secondary N) is 1. The molecule has 1 aliphatic rings. The summed E-state index contributed by atoms with van der Waals surface area (Å²) in [6, 6.07) is 10.9. The van der Waals surface area contributed by atoms with E-state index in [-0.39, 0.29) is 12.5 Å². The van der Waals surface area contributed by atoms with Crippen LogP contribution in [0.1, 0.15) is 33.2 Å². The van der Waals surface area contributed by atoms with Crippen molar-refractivity contribution in [2.45, 2.75) is 20.0 Å². The number of hydrogen-bond acceptors (Lipinski definition) is 4. The van der Waals surface area contributed by atoms with E-state index in [9.17, 15) is 9.90 Å². The highest BCUT2D eigenvalue weighted by Crippen LogP contribution is 2.32. The van der Waals surface area contributed by atoms with Crippen molar-refractivity contribution in [3.8, 4) is 11.5 Å². The molecule has 2 N–H and O–H groups in total. The quantitative estimate of drug-likeness (QED) is 0.905. The number of amides is 1. The second-order valence-corrected chi connectivity index (χ2v) is 5.93. The number of ether oxygens (including phenoxy) is 2. The summed E-state index contributed by atoms with van der Waals surface area (Å²) < 4.78 is 11.0. The third-order valence-electron chi connectivity index (χ3n) is 4.18. The number of aryl methyl sites for hydroxylation is 2. The van der Waals surface area contributed by atoms with E-state index in [2.05, 4.69) is 5.32 Å². The molecule has 2 aromatic rings. The topological polar surface area (TPSA) is 67.8 Å². The van der Waals surface area contributed by atoms with Gasteiger partial charge in [-0.25, -0.2) is 0 Å². The summed E-state index contributed by atoms with van der Waals surface area (Å²) in [5, 5.41) is 13.1. The molecule has 24 heavy (non-hydrogen) atoms. The molecule has 3 rings (SSSR count). The molecule has 0 bridgehead atoms. The molecule has 0 radical (unpaired) electrons. The van der Waals surface area contributed by atoms with E-state index in [1.54, 1.807) is 24.3 Å². The van der Waals surface area contributed by atoms with Crippen LogP contribution in [0.15, 0.2) is 36.4 Å². The van der Waals surface area contributed by atoms with Crippen molar-refractivity contribution in [2.24, 2.45) is 0 Å². The first-order chi connectivity index (χ1) is 11.5. The van der Waals surface area contributed by atoms with Crippen LogP contribution >= 0.6 is 0 Å². The van der Waals surface area contributed by atoms with Crippen LogP contribution in [-0.2, 0) is 0 Å². The van der Waals surface area contributed by atoms with E-state index >= 15 is 0 Å². The Bertz CT molecular complexity index is 757. The van der Waals surface area contributed by atoms with Gasteiger partial charge in [0.25, 0.3) is 5.91 Å². The van der Waals surface area contributed by atoms with Crippen molar-refractivity contribution in [3.63, 3.8) is 0 Å². The Morgan fingerprint density at radius 2 is 1.83 bits per heavy atom. The van der Waals surface area contributed by atoms with Crippen LogP contribution in [0, 0.1) is 13.8 Å². The van der Waals surface area contributed by atoms with Crippen molar-refractivity contribution < 1.29 is 19.4 Å². The van der Waals surface area contributed by atoms with Crippen LogP contribution in [-0.4, -0.2) is 30.8 Å². The normalized spacial score (nSPS) is 14.1. The lowest BCUT2D eigenvalue weighted by Gasteiger charge is -2.20. The van der Waals surface area contributed by atoms with Gasteiger partial charge in [0.2, 0.25) is 0 Å². The van der Waals surface area contributed by atoms with Crippen LogP contribution in [0.25, 0.3) is 0 Å². The van der Waals surface area contributed by atoms with Gasteiger partial charge in [-0.1, -0.05) is 12.1 Å². The van der Waals surface area contributed by atoms with Crippen molar-refractivity contribution >= 4 is 5.91 Å². The number of carbonyl (C=O) groups is 1. The maximum absolute atomic E-state index is 12.2. The smallest absolute Gasteiger partial charge is 0.251 e. The van der Waals surface area contributed by atoms with Crippen molar-refractivity contribution in [1.82, 2.24) is 5.32 Å². The molecular formula is C19H21NO4. The van der Waals surface area contributed by atoms with Gasteiger partial charge in [0.05, 0.1) is 6.10 Å². The summed E-state index contributed by atoms with van der Waals surface area (Å²) >= 11 is 0. The molecule has 0 aliphatic carbocycles. The van der Waals surface area contributed by atoms with Gasteiger partial charge in [-0.05, 0) is 54.8 Å². The third-order valence-corrected chi connectivity index (χ3v) is 4.18. The largest absolute Gasteiger partial charge is 0.486 e. The van der Waals surface area contributed by atoms with E-state index in [0.29, 0.717) is 35.8 Å². The second-order valence-electron chi connectivity index (χ2n) is 5.93. The Morgan fingerprint density at radius 1 is 1.08 bits per heavy atom. The number of fused-ring (bicyclic) bond motifs is 1. The summed E-state index contributed by atoms with van der Waals surface area (Å²) in [5.41, 5.74) is 3.48. The van der Waals surface area contributed by atoms with Crippen LogP contribution in [0.2, 0.25) is 0 Å². The van der Waals surface area contributed by atoms with E-state index in [1.807, 2.05) is 26.0 Å². The number of rotatable bonds is 4. The van der Waals surface area contributed by atoms with Crippen LogP contribution in [0.4, 0.5) is 0 Å². The van der Waals surface area contributed by atoms with E-state index in [4.69, 9.17) is 9.47 Å². The lowest BCUT2D eigenvalue weighted by atomic mass is 10.1. The Balaban J connectivity index is 1.63. The Morgan fingerprint density at radius 3 is 2.58 bits per heavy atom. The third kappa shape index (κ3) is 3.51. The monoisotopic (exact) mass is 327 g/mol. The summed E-state index contributed by atoms with van der Waals surface area (Å²) in [4.78, 5) is 12.2. The molecule has 0 fully saturated rings. The Kier molecular flexibility index (Phi) is 4.71. The summed E-state index contributed by atoms with van der Waals surface area (Å²) in [6.45, 7) is 5.13. The molecule has 0 saturated heterocycles. The molecule has 0 aromatic heterocycles. The molecule has 1 unspecified atom stereocenters. The SMILES string of the molecule is Cc1ccc(C(=O)NCC(O)c2ccc3c(c2)OCCO3)cc1C. The molecule has 1 heterocycles. The lowest BCUT2D eigenvalue weighted by molar-refractivity contribution is 0.0915. The zero-order valence-corrected chi connectivity index (χ0v) is 13.8. The summed E-state index contributed by atoms with van der Waals surface area (Å²) in [5.74, 6) is 1.10. The van der Waals surface area contributed by atoms with Gasteiger partial charge in [0.1, 0.15) is 13.2 Å². The molecule has 2 aromatic carbocycles. The molecular weight excluding hydrogens is 306 g/mol. The van der Waals surface area contributed by atoms with E-state index in [0.717, 1.165) is 11.1 Å². The zero-order chi connectivity index (χ0) is 17.1. The van der Waals surface area contributed by atoms with Gasteiger partial charge in [-0.3, -0.25) is 4.79 Å². The van der Waals surface area contributed by atoms with Gasteiger partial charge < -0.3 is 19.9 Å². The molecule has 126 valence electrons. The van der Waals surface area contributed by atoms with Crippen molar-refractivity contribution in [1.29, 1.82) is 0 Å². The van der Waals surface area contributed by atoms with Gasteiger partial charge in [-0.15, -0.1) is 0 Å². The highest BCUT2D eigenvalue weighted by molar-refractivity contribution is 5.94. The van der Waals surface area contributed by atoms with Crippen LogP contribution in [0.3, 0.4) is 0 Å². The van der Waals surface area contributed by atoms with Crippen LogP contribution < -0.4 is 14.8 Å². The highest BCUT2D eigenvalue weighted by Gasteiger charge is 2.16. The first kappa shape index (κ1) is 16.3. The number of aliphatic hydroxyl groups is 1. The zero-order valence-electron chi connectivity index (χ0n) is 13.8. The Labute approximate surface area is 141 Å². The fourth-order valence-corrected chi connectivity index (χ4v) is 2.56. The number of benzene rings is 2. The molecule has 1 atom stereocenters. The van der Waals surface area contributed by atoms with E-state index < -0.39 is 6.10 Å². The number of carbonyl (C=O) groups excluding carboxylic acids is 1. The fourth-order valence-electron chi connectivity index (χ4n) is 2.56. The summed E-state index contributed by atoms with van der Waals surface area (Å²) in [6.07, 6.45) is -0.809. The van der Waals surface area contributed by atoms with Crippen LogP contribution in [0.5, 0.6) is 11.5 Å². The minimum Gasteiger partial charge on any atom is -0.486 e. The molecule has 5 nitrogen and oxygen atoms in total. The van der Waals surface area contributed by atoms with Gasteiger partial charge in [-0.2, -0.15) is 0 Å². The average molecular weight is 327 g/mol. The molecule has 5 heteroatoms. The number of aliphatic hydroxyl groups excluding tert-OH is 1. The Hall–Kier alpha value is -2.53. The van der Waals surface area contributed by atoms with Gasteiger partial charge in [0.15, 0.2) is 11.5 Å². The first-order valence-corrected chi connectivity index (χ1v) is 7.97. The molecule has 0 spiro atoms. The predicted molar refractivity (Wildman–Crippen MR) is 90.6 cm³/mol. The molecule has 0 saturated carbocycles. The number of hydrogen-bond donors (Lipinski definition) is 2. The predicted octanol–water partition coefficient (Wildman–Crippen LogP) is 2.54. The highest BCUT2D eigenvalue weighted by atomic mass is 16.6. The first-order valence-electron chi connectivity index (χ1n) is 7.97. The fraction of sp³-hybridized carbons (Fsp3) is 0.316.